The topological polar surface area (TPSA) is 47.5 Å². The Morgan fingerprint density at radius 3 is 2.59 bits per heavy atom. The van der Waals surface area contributed by atoms with Crippen molar-refractivity contribution in [1.82, 2.24) is 10.6 Å². The molecule has 1 aromatic rings. The average molecular weight is 311 g/mol. The summed E-state index contributed by atoms with van der Waals surface area (Å²) in [7, 11) is 0. The van der Waals surface area contributed by atoms with E-state index in [0.29, 0.717) is 6.04 Å². The van der Waals surface area contributed by atoms with E-state index >= 15 is 0 Å². The summed E-state index contributed by atoms with van der Waals surface area (Å²) in [6.07, 6.45) is 2.36. The molecule has 2 aliphatic rings. The lowest BCUT2D eigenvalue weighted by atomic mass is 9.99. The molecule has 0 spiro atoms. The summed E-state index contributed by atoms with van der Waals surface area (Å²) in [6, 6.07) is 4.53. The first-order valence-corrected chi connectivity index (χ1v) is 7.98. The highest BCUT2D eigenvalue weighted by Gasteiger charge is 2.27. The zero-order valence-electron chi connectivity index (χ0n) is 12.6. The second-order valence-corrected chi connectivity index (χ2v) is 6.19. The molecule has 3 rings (SSSR count). The number of piperidine rings is 2. The number of anilines is 1. The third-order valence-electron chi connectivity index (χ3n) is 4.66. The number of nitrogens with zero attached hydrogens (tertiary/aromatic N) is 1. The Kier molecular flexibility index (Phi) is 4.90. The maximum Gasteiger partial charge on any atom is 0.160 e. The summed E-state index contributed by atoms with van der Waals surface area (Å²) in [5.41, 5.74) is 0.733. The molecule has 3 N–H and O–H groups in total. The fraction of sp³-hybridized carbons (Fsp3) is 0.625. The Morgan fingerprint density at radius 1 is 1.14 bits per heavy atom. The highest BCUT2D eigenvalue weighted by molar-refractivity contribution is 5.47. The van der Waals surface area contributed by atoms with Crippen molar-refractivity contribution in [3.8, 4) is 0 Å². The summed E-state index contributed by atoms with van der Waals surface area (Å²) in [5.74, 6) is -1.60. The van der Waals surface area contributed by atoms with Crippen molar-refractivity contribution in [1.29, 1.82) is 0 Å². The number of halogens is 2. The SMILES string of the molecule is O[C@@H]1CCNC[C@@H]1NC1CCN(c2ccc(F)c(F)c2)CC1. The molecule has 0 radical (unpaired) electrons. The fourth-order valence-corrected chi connectivity index (χ4v) is 3.30. The Bertz CT molecular complexity index is 506. The van der Waals surface area contributed by atoms with Crippen molar-refractivity contribution >= 4 is 5.69 Å². The molecule has 2 atom stereocenters. The summed E-state index contributed by atoms with van der Waals surface area (Å²) in [6.45, 7) is 3.27. The average Bonchev–Trinajstić information content (AvgIpc) is 2.53. The molecule has 0 amide bonds. The number of rotatable bonds is 3. The van der Waals surface area contributed by atoms with Crippen LogP contribution in [0, 0.1) is 11.6 Å². The molecule has 22 heavy (non-hydrogen) atoms. The molecular weight excluding hydrogens is 288 g/mol. The van der Waals surface area contributed by atoms with Crippen LogP contribution in [-0.2, 0) is 0 Å². The highest BCUT2D eigenvalue weighted by atomic mass is 19.2. The zero-order chi connectivity index (χ0) is 15.5. The zero-order valence-corrected chi connectivity index (χ0v) is 12.6. The third-order valence-corrected chi connectivity index (χ3v) is 4.66. The molecule has 2 aliphatic heterocycles. The predicted molar refractivity (Wildman–Crippen MR) is 82.0 cm³/mol. The van der Waals surface area contributed by atoms with Gasteiger partial charge in [0.15, 0.2) is 11.6 Å². The second kappa shape index (κ2) is 6.89. The molecule has 122 valence electrons. The van der Waals surface area contributed by atoms with E-state index in [4.69, 9.17) is 0 Å². The van der Waals surface area contributed by atoms with Gasteiger partial charge in [-0.3, -0.25) is 0 Å². The van der Waals surface area contributed by atoms with Gasteiger partial charge in [-0.05, 0) is 37.9 Å². The van der Waals surface area contributed by atoms with Crippen molar-refractivity contribution in [2.45, 2.75) is 37.5 Å². The van der Waals surface area contributed by atoms with E-state index in [9.17, 15) is 13.9 Å². The second-order valence-electron chi connectivity index (χ2n) is 6.19. The lowest BCUT2D eigenvalue weighted by Crippen LogP contribution is -2.56. The first-order chi connectivity index (χ1) is 10.6. The van der Waals surface area contributed by atoms with Gasteiger partial charge in [-0.25, -0.2) is 8.78 Å². The summed E-state index contributed by atoms with van der Waals surface area (Å²) < 4.78 is 26.3. The minimum absolute atomic E-state index is 0.105. The number of hydrogen-bond acceptors (Lipinski definition) is 4. The van der Waals surface area contributed by atoms with E-state index in [2.05, 4.69) is 15.5 Å². The quantitative estimate of drug-likeness (QED) is 0.786. The van der Waals surface area contributed by atoms with Crippen LogP contribution in [0.1, 0.15) is 19.3 Å². The van der Waals surface area contributed by atoms with Crippen LogP contribution >= 0.6 is 0 Å². The van der Waals surface area contributed by atoms with E-state index in [1.54, 1.807) is 6.07 Å². The largest absolute Gasteiger partial charge is 0.391 e. The van der Waals surface area contributed by atoms with E-state index < -0.39 is 11.6 Å². The molecule has 0 saturated carbocycles. The number of nitrogens with one attached hydrogen (secondary N) is 2. The molecule has 0 aromatic heterocycles. The smallest absolute Gasteiger partial charge is 0.160 e. The molecule has 1 aromatic carbocycles. The molecule has 2 heterocycles. The molecule has 0 unspecified atom stereocenters. The number of aliphatic hydroxyl groups excluding tert-OH is 1. The van der Waals surface area contributed by atoms with Crippen LogP contribution in [0.3, 0.4) is 0 Å². The van der Waals surface area contributed by atoms with Crippen LogP contribution in [0.2, 0.25) is 0 Å². The highest BCUT2D eigenvalue weighted by Crippen LogP contribution is 2.22. The first kappa shape index (κ1) is 15.6. The Morgan fingerprint density at radius 2 is 1.91 bits per heavy atom. The first-order valence-electron chi connectivity index (χ1n) is 7.98. The van der Waals surface area contributed by atoms with Gasteiger partial charge in [0.1, 0.15) is 0 Å². The van der Waals surface area contributed by atoms with Crippen molar-refractivity contribution in [2.24, 2.45) is 0 Å². The van der Waals surface area contributed by atoms with Crippen molar-refractivity contribution in [3.05, 3.63) is 29.8 Å². The maximum atomic E-state index is 13.3. The minimum Gasteiger partial charge on any atom is -0.391 e. The van der Waals surface area contributed by atoms with Gasteiger partial charge in [0, 0.05) is 43.5 Å². The van der Waals surface area contributed by atoms with Gasteiger partial charge >= 0.3 is 0 Å². The van der Waals surface area contributed by atoms with Gasteiger partial charge in [-0.1, -0.05) is 0 Å². The number of aliphatic hydroxyl groups is 1. The fourth-order valence-electron chi connectivity index (χ4n) is 3.30. The normalized spacial score (nSPS) is 27.1. The Balaban J connectivity index is 1.52. The van der Waals surface area contributed by atoms with Crippen molar-refractivity contribution in [2.75, 3.05) is 31.1 Å². The van der Waals surface area contributed by atoms with E-state index in [1.165, 1.54) is 12.1 Å². The number of benzene rings is 1. The van der Waals surface area contributed by atoms with Gasteiger partial charge in [-0.15, -0.1) is 0 Å². The number of hydrogen-bond donors (Lipinski definition) is 3. The predicted octanol–water partition coefficient (Wildman–Crippen LogP) is 1.25. The van der Waals surface area contributed by atoms with Crippen molar-refractivity contribution < 1.29 is 13.9 Å². The molecule has 6 heteroatoms. The molecule has 4 nitrogen and oxygen atoms in total. The Labute approximate surface area is 129 Å². The molecule has 2 saturated heterocycles. The van der Waals surface area contributed by atoms with Crippen LogP contribution in [0.25, 0.3) is 0 Å². The van der Waals surface area contributed by atoms with Crippen LogP contribution < -0.4 is 15.5 Å². The maximum absolute atomic E-state index is 13.3. The van der Waals surface area contributed by atoms with Gasteiger partial charge in [0.2, 0.25) is 0 Å². The molecule has 0 bridgehead atoms. The van der Waals surface area contributed by atoms with Gasteiger partial charge < -0.3 is 20.6 Å². The summed E-state index contributed by atoms with van der Waals surface area (Å²) in [4.78, 5) is 2.08. The summed E-state index contributed by atoms with van der Waals surface area (Å²) >= 11 is 0. The summed E-state index contributed by atoms with van der Waals surface area (Å²) in [5, 5.41) is 16.8. The van der Waals surface area contributed by atoms with Gasteiger partial charge in [0.25, 0.3) is 0 Å². The van der Waals surface area contributed by atoms with Crippen molar-refractivity contribution in [3.63, 3.8) is 0 Å². The van der Waals surface area contributed by atoms with E-state index in [1.807, 2.05) is 0 Å². The van der Waals surface area contributed by atoms with Crippen LogP contribution in [-0.4, -0.2) is 49.5 Å². The monoisotopic (exact) mass is 311 g/mol. The van der Waals surface area contributed by atoms with E-state index in [0.717, 1.165) is 51.1 Å². The molecule has 0 aliphatic carbocycles. The molecular formula is C16H23F2N3O. The lowest BCUT2D eigenvalue weighted by Gasteiger charge is -2.38. The standard InChI is InChI=1S/C16H23F2N3O/c17-13-2-1-12(9-14(13)18)21-7-4-11(5-8-21)20-15-10-19-6-3-16(15)22/h1-2,9,11,15-16,19-20,22H,3-8,10H2/t15-,16+/m0/s1. The van der Waals surface area contributed by atoms with Gasteiger partial charge in [-0.2, -0.15) is 0 Å². The third kappa shape index (κ3) is 3.56. The van der Waals surface area contributed by atoms with Crippen LogP contribution in [0.15, 0.2) is 18.2 Å². The van der Waals surface area contributed by atoms with E-state index in [-0.39, 0.29) is 12.1 Å². The van der Waals surface area contributed by atoms with Crippen LogP contribution in [0.5, 0.6) is 0 Å². The Hall–Kier alpha value is -1.24. The lowest BCUT2D eigenvalue weighted by molar-refractivity contribution is 0.0909. The van der Waals surface area contributed by atoms with Crippen LogP contribution in [0.4, 0.5) is 14.5 Å². The van der Waals surface area contributed by atoms with Gasteiger partial charge in [0.05, 0.1) is 6.10 Å². The molecule has 2 fully saturated rings. The minimum atomic E-state index is -0.806.